The van der Waals surface area contributed by atoms with Gasteiger partial charge in [0.25, 0.3) is 0 Å². The quantitative estimate of drug-likeness (QED) is 0.578. The van der Waals surface area contributed by atoms with Gasteiger partial charge >= 0.3 is 11.9 Å². The van der Waals surface area contributed by atoms with Crippen LogP contribution in [0, 0.1) is 0 Å². The van der Waals surface area contributed by atoms with E-state index in [0.29, 0.717) is 10.2 Å². The van der Waals surface area contributed by atoms with Crippen molar-refractivity contribution in [2.24, 2.45) is 0 Å². The molecule has 26 heavy (non-hydrogen) atoms. The van der Waals surface area contributed by atoms with Crippen molar-refractivity contribution < 1.29 is 24.5 Å². The van der Waals surface area contributed by atoms with Crippen molar-refractivity contribution in [2.75, 3.05) is 12.4 Å². The van der Waals surface area contributed by atoms with Crippen LogP contribution in [0.2, 0.25) is 0 Å². The number of hydrogen-bond donors (Lipinski definition) is 3. The number of carboxylic acids is 2. The minimum absolute atomic E-state index is 0.288. The predicted molar refractivity (Wildman–Crippen MR) is 96.7 cm³/mol. The number of carboxylic acid groups (broad SMARTS) is 2. The number of methoxy groups -OCH3 is 1. The second-order valence-corrected chi connectivity index (χ2v) is 6.27. The first-order valence-corrected chi connectivity index (χ1v) is 8.45. The largest absolute Gasteiger partial charge is 0.497 e. The maximum atomic E-state index is 11.4. The third kappa shape index (κ3) is 3.57. The van der Waals surface area contributed by atoms with E-state index in [4.69, 9.17) is 9.84 Å². The molecular formula is C17H15N3O5S. The van der Waals surface area contributed by atoms with Gasteiger partial charge in [0.2, 0.25) is 0 Å². The molecule has 1 aromatic carbocycles. The molecule has 0 amide bonds. The second-order valence-electron chi connectivity index (χ2n) is 5.41. The van der Waals surface area contributed by atoms with Crippen molar-refractivity contribution in [1.82, 2.24) is 9.97 Å². The van der Waals surface area contributed by atoms with Gasteiger partial charge in [-0.15, -0.1) is 11.3 Å². The number of rotatable bonds is 7. The fourth-order valence-corrected chi connectivity index (χ4v) is 3.42. The molecule has 9 heteroatoms. The number of hydrogen-bond acceptors (Lipinski definition) is 7. The molecule has 1 unspecified atom stereocenters. The summed E-state index contributed by atoms with van der Waals surface area (Å²) in [5.41, 5.74) is 1.72. The summed E-state index contributed by atoms with van der Waals surface area (Å²) < 4.78 is 5.16. The van der Waals surface area contributed by atoms with Crippen LogP contribution in [0.3, 0.4) is 0 Å². The second kappa shape index (κ2) is 7.36. The van der Waals surface area contributed by atoms with Gasteiger partial charge in [-0.3, -0.25) is 4.79 Å². The highest BCUT2D eigenvalue weighted by molar-refractivity contribution is 7.17. The highest BCUT2D eigenvalue weighted by Gasteiger charge is 2.23. The number of benzene rings is 1. The first kappa shape index (κ1) is 17.6. The predicted octanol–water partition coefficient (Wildman–Crippen LogP) is 2.71. The Hall–Kier alpha value is -3.20. The number of aromatic nitrogens is 2. The smallest absolute Gasteiger partial charge is 0.326 e. The minimum Gasteiger partial charge on any atom is -0.497 e. The Morgan fingerprint density at radius 1 is 1.23 bits per heavy atom. The summed E-state index contributed by atoms with van der Waals surface area (Å²) in [6.07, 6.45) is 0.751. The molecule has 2 heterocycles. The molecule has 0 aliphatic carbocycles. The highest BCUT2D eigenvalue weighted by Crippen LogP contribution is 2.37. The molecule has 0 aliphatic rings. The Morgan fingerprint density at radius 2 is 1.96 bits per heavy atom. The molecule has 0 saturated heterocycles. The Bertz CT molecular complexity index is 955. The van der Waals surface area contributed by atoms with Crippen LogP contribution in [0.4, 0.5) is 5.82 Å². The first-order chi connectivity index (χ1) is 12.5. The molecule has 0 aliphatic heterocycles. The van der Waals surface area contributed by atoms with E-state index in [1.807, 2.05) is 29.6 Å². The summed E-state index contributed by atoms with van der Waals surface area (Å²) in [4.78, 5) is 31.3. The average molecular weight is 373 g/mol. The monoisotopic (exact) mass is 373 g/mol. The fourth-order valence-electron chi connectivity index (χ4n) is 2.51. The van der Waals surface area contributed by atoms with Gasteiger partial charge in [-0.1, -0.05) is 12.1 Å². The molecule has 3 N–H and O–H groups in total. The van der Waals surface area contributed by atoms with Gasteiger partial charge in [-0.05, 0) is 17.7 Å². The number of ether oxygens (including phenoxy) is 1. The van der Waals surface area contributed by atoms with E-state index in [-0.39, 0.29) is 5.82 Å². The average Bonchev–Trinajstić information content (AvgIpc) is 3.06. The number of thiophene rings is 1. The molecule has 134 valence electrons. The molecule has 1 atom stereocenters. The van der Waals surface area contributed by atoms with Crippen LogP contribution in [-0.4, -0.2) is 45.3 Å². The summed E-state index contributed by atoms with van der Waals surface area (Å²) in [5.74, 6) is -1.47. The van der Waals surface area contributed by atoms with Crippen molar-refractivity contribution in [3.8, 4) is 16.9 Å². The minimum atomic E-state index is -1.30. The zero-order valence-corrected chi connectivity index (χ0v) is 14.5. The molecule has 0 spiro atoms. The van der Waals surface area contributed by atoms with Crippen LogP contribution in [0.15, 0.2) is 36.0 Å². The standard InChI is InChI=1S/C17H15N3O5S/c1-25-10-4-2-9(3-5-10)11-7-26-16-14(11)15(18-8-19-16)20-12(17(23)24)6-13(21)22/h2-5,7-8,12H,6H2,1H3,(H,21,22)(H,23,24)(H,18,19,20). The molecule has 3 aromatic rings. The lowest BCUT2D eigenvalue weighted by Crippen LogP contribution is -2.32. The van der Waals surface area contributed by atoms with Crippen LogP contribution < -0.4 is 10.1 Å². The Kier molecular flexibility index (Phi) is 4.99. The van der Waals surface area contributed by atoms with Gasteiger partial charge < -0.3 is 20.3 Å². The van der Waals surface area contributed by atoms with E-state index in [1.54, 1.807) is 7.11 Å². The molecule has 0 fully saturated rings. The van der Waals surface area contributed by atoms with E-state index in [2.05, 4.69) is 15.3 Å². The zero-order chi connectivity index (χ0) is 18.7. The maximum absolute atomic E-state index is 11.4. The Labute approximate surface area is 152 Å². The third-order valence-electron chi connectivity index (χ3n) is 3.76. The molecule has 2 aromatic heterocycles. The van der Waals surface area contributed by atoms with Crippen molar-refractivity contribution in [1.29, 1.82) is 0 Å². The van der Waals surface area contributed by atoms with E-state index < -0.39 is 24.4 Å². The summed E-state index contributed by atoms with van der Waals surface area (Å²) >= 11 is 1.40. The number of nitrogens with one attached hydrogen (secondary N) is 1. The van der Waals surface area contributed by atoms with Gasteiger partial charge in [0.15, 0.2) is 0 Å². The van der Waals surface area contributed by atoms with Crippen LogP contribution in [-0.2, 0) is 9.59 Å². The maximum Gasteiger partial charge on any atom is 0.326 e. The first-order valence-electron chi connectivity index (χ1n) is 7.57. The molecule has 8 nitrogen and oxygen atoms in total. The topological polar surface area (TPSA) is 122 Å². The van der Waals surface area contributed by atoms with Gasteiger partial charge in [0, 0.05) is 10.9 Å². The third-order valence-corrected chi connectivity index (χ3v) is 4.65. The lowest BCUT2D eigenvalue weighted by atomic mass is 10.1. The lowest BCUT2D eigenvalue weighted by Gasteiger charge is -2.14. The molecule has 0 saturated carbocycles. The number of carbonyl (C=O) groups is 2. The zero-order valence-electron chi connectivity index (χ0n) is 13.7. The highest BCUT2D eigenvalue weighted by atomic mass is 32.1. The van der Waals surface area contributed by atoms with Crippen LogP contribution in [0.5, 0.6) is 5.75 Å². The van der Waals surface area contributed by atoms with Gasteiger partial charge in [-0.25, -0.2) is 14.8 Å². The number of anilines is 1. The summed E-state index contributed by atoms with van der Waals surface area (Å²) in [5, 5.41) is 23.5. The SMILES string of the molecule is COc1ccc(-c2csc3ncnc(NC(CC(=O)O)C(=O)O)c23)cc1. The lowest BCUT2D eigenvalue weighted by molar-refractivity contribution is -0.144. The molecular weight excluding hydrogens is 358 g/mol. The van der Waals surface area contributed by atoms with E-state index in [0.717, 1.165) is 16.9 Å². The summed E-state index contributed by atoms with van der Waals surface area (Å²) in [6, 6.07) is 6.10. The molecule has 0 bridgehead atoms. The summed E-state index contributed by atoms with van der Waals surface area (Å²) in [6.45, 7) is 0. The number of nitrogens with zero attached hydrogens (tertiary/aromatic N) is 2. The van der Waals surface area contributed by atoms with E-state index >= 15 is 0 Å². The normalized spacial score (nSPS) is 11.9. The fraction of sp³-hybridized carbons (Fsp3) is 0.176. The van der Waals surface area contributed by atoms with Crippen LogP contribution >= 0.6 is 11.3 Å². The van der Waals surface area contributed by atoms with Gasteiger partial charge in [-0.2, -0.15) is 0 Å². The van der Waals surface area contributed by atoms with E-state index in [9.17, 15) is 14.7 Å². The molecule has 3 rings (SSSR count). The van der Waals surface area contributed by atoms with Gasteiger partial charge in [0.1, 0.15) is 28.8 Å². The number of aliphatic carboxylic acids is 2. The van der Waals surface area contributed by atoms with E-state index in [1.165, 1.54) is 17.7 Å². The van der Waals surface area contributed by atoms with Crippen molar-refractivity contribution >= 4 is 39.3 Å². The summed E-state index contributed by atoms with van der Waals surface area (Å²) in [7, 11) is 1.58. The number of fused-ring (bicyclic) bond motifs is 1. The van der Waals surface area contributed by atoms with Crippen molar-refractivity contribution in [3.05, 3.63) is 36.0 Å². The van der Waals surface area contributed by atoms with Crippen molar-refractivity contribution in [2.45, 2.75) is 12.5 Å². The van der Waals surface area contributed by atoms with Crippen LogP contribution in [0.1, 0.15) is 6.42 Å². The Balaban J connectivity index is 2.04. The Morgan fingerprint density at radius 3 is 2.58 bits per heavy atom. The van der Waals surface area contributed by atoms with Gasteiger partial charge in [0.05, 0.1) is 18.9 Å². The van der Waals surface area contributed by atoms with Crippen LogP contribution in [0.25, 0.3) is 21.3 Å². The van der Waals surface area contributed by atoms with Crippen molar-refractivity contribution in [3.63, 3.8) is 0 Å². The molecule has 0 radical (unpaired) electrons.